The van der Waals surface area contributed by atoms with E-state index in [0.29, 0.717) is 15.7 Å². The van der Waals surface area contributed by atoms with Gasteiger partial charge in [0.15, 0.2) is 0 Å². The molecule has 42 heavy (non-hydrogen) atoms. The minimum atomic E-state index is -0.832. The van der Waals surface area contributed by atoms with Crippen molar-refractivity contribution in [3.8, 4) is 11.6 Å². The van der Waals surface area contributed by atoms with E-state index in [1.807, 2.05) is 53.9 Å². The fraction of sp³-hybridized carbons (Fsp3) is 0.250. The topological polar surface area (TPSA) is 106 Å². The summed E-state index contributed by atoms with van der Waals surface area (Å²) < 4.78 is 24.0. The van der Waals surface area contributed by atoms with E-state index < -0.39 is 23.3 Å². The Balaban J connectivity index is 1.49. The van der Waals surface area contributed by atoms with Crippen LogP contribution in [-0.2, 0) is 22.6 Å². The van der Waals surface area contributed by atoms with Crippen molar-refractivity contribution in [2.75, 3.05) is 6.61 Å². The number of hydrogen-bond acceptors (Lipinski definition) is 9. The monoisotopic (exact) mass is 586 g/mol. The second kappa shape index (κ2) is 12.0. The summed E-state index contributed by atoms with van der Waals surface area (Å²) in [6.45, 7) is 7.49. The van der Waals surface area contributed by atoms with Gasteiger partial charge in [0.2, 0.25) is 11.6 Å². The molecule has 0 saturated heterocycles. The quantitative estimate of drug-likeness (QED) is 0.184. The third-order valence-electron chi connectivity index (χ3n) is 6.18. The fourth-order valence-electron chi connectivity index (χ4n) is 4.40. The van der Waals surface area contributed by atoms with Crippen LogP contribution in [0.4, 0.5) is 4.79 Å². The molecule has 5 aromatic rings. The van der Waals surface area contributed by atoms with E-state index >= 15 is 0 Å². The van der Waals surface area contributed by atoms with Crippen LogP contribution in [0.1, 0.15) is 49.2 Å². The number of aromatic nitrogens is 2. The zero-order valence-corrected chi connectivity index (χ0v) is 24.5. The molecule has 0 unspecified atom stereocenters. The molecule has 0 aliphatic heterocycles. The van der Waals surface area contributed by atoms with Crippen molar-refractivity contribution in [1.82, 2.24) is 9.55 Å². The van der Waals surface area contributed by atoms with Gasteiger partial charge in [0.1, 0.15) is 17.8 Å². The lowest BCUT2D eigenvalue weighted by Crippen LogP contribution is -2.26. The maximum absolute atomic E-state index is 13.9. The number of esters is 1. The van der Waals surface area contributed by atoms with Crippen LogP contribution in [0.2, 0.25) is 0 Å². The molecular weight excluding hydrogens is 556 g/mol. The van der Waals surface area contributed by atoms with Crippen molar-refractivity contribution in [2.45, 2.75) is 46.4 Å². The summed E-state index contributed by atoms with van der Waals surface area (Å²) in [5, 5.41) is 2.63. The van der Waals surface area contributed by atoms with E-state index in [2.05, 4.69) is 4.98 Å². The minimum Gasteiger partial charge on any atom is -0.482 e. The summed E-state index contributed by atoms with van der Waals surface area (Å²) in [6, 6.07) is 20.2. The Bertz CT molecular complexity index is 1820. The van der Waals surface area contributed by atoms with Crippen molar-refractivity contribution in [2.24, 2.45) is 0 Å². The highest BCUT2D eigenvalue weighted by molar-refractivity contribution is 7.17. The van der Waals surface area contributed by atoms with Gasteiger partial charge in [-0.2, -0.15) is 0 Å². The fourth-order valence-corrected chi connectivity index (χ4v) is 5.33. The van der Waals surface area contributed by atoms with Crippen LogP contribution in [0.25, 0.3) is 21.1 Å². The average Bonchev–Trinajstić information content (AvgIpc) is 3.42. The van der Waals surface area contributed by atoms with E-state index in [1.165, 1.54) is 11.3 Å². The Morgan fingerprint density at radius 1 is 0.976 bits per heavy atom. The molecule has 0 aliphatic rings. The summed E-state index contributed by atoms with van der Waals surface area (Å²) in [5.41, 5.74) is 1.94. The van der Waals surface area contributed by atoms with Gasteiger partial charge in [0.25, 0.3) is 5.56 Å². The van der Waals surface area contributed by atoms with Gasteiger partial charge in [-0.05, 0) is 68.5 Å². The van der Waals surface area contributed by atoms with E-state index in [9.17, 15) is 14.4 Å². The predicted octanol–water partition coefficient (Wildman–Crippen LogP) is 6.73. The first-order valence-corrected chi connectivity index (χ1v) is 14.3. The zero-order chi connectivity index (χ0) is 29.9. The van der Waals surface area contributed by atoms with Gasteiger partial charge in [-0.1, -0.05) is 36.4 Å². The Morgan fingerprint density at radius 2 is 1.76 bits per heavy atom. The number of carbonyl (C=O) groups excluding carboxylic acids is 2. The average molecular weight is 587 g/mol. The third kappa shape index (κ3) is 6.44. The van der Waals surface area contributed by atoms with Gasteiger partial charge in [0.05, 0.1) is 28.9 Å². The van der Waals surface area contributed by atoms with Crippen molar-refractivity contribution in [3.63, 3.8) is 0 Å². The molecule has 3 heterocycles. The second-order valence-corrected chi connectivity index (χ2v) is 11.4. The number of benzene rings is 2. The van der Waals surface area contributed by atoms with Crippen LogP contribution in [0, 0.1) is 0 Å². The molecule has 0 N–H and O–H groups in total. The summed E-state index contributed by atoms with van der Waals surface area (Å²) in [6.07, 6.45) is -0.832. The molecule has 0 bridgehead atoms. The zero-order valence-electron chi connectivity index (χ0n) is 23.7. The molecule has 216 valence electrons. The molecule has 0 radical (unpaired) electrons. The number of thiophene rings is 1. The molecule has 3 aromatic heterocycles. The van der Waals surface area contributed by atoms with Crippen molar-refractivity contribution < 1.29 is 28.5 Å². The first-order chi connectivity index (χ1) is 20.1. The number of rotatable bonds is 8. The molecule has 9 nitrogen and oxygen atoms in total. The van der Waals surface area contributed by atoms with E-state index in [4.69, 9.17) is 18.9 Å². The Morgan fingerprint density at radius 3 is 2.50 bits per heavy atom. The number of fused-ring (bicyclic) bond motifs is 2. The van der Waals surface area contributed by atoms with Crippen molar-refractivity contribution in [1.29, 1.82) is 0 Å². The maximum Gasteiger partial charge on any atom is 0.515 e. The molecule has 0 aliphatic carbocycles. The standard InChI is InChI=1S/C32H30N2O7S/c1-5-38-30(36)26-27(39-19-20-9-7-6-8-10-20)29(35)34(24-15-16-42-28(24)26)18-21-11-13-23-22(17-21)12-14-25(33-23)40-31(37)41-32(2,3)4/h6-17H,5,18-19H2,1-4H3. The summed E-state index contributed by atoms with van der Waals surface area (Å²) in [7, 11) is 0. The molecule has 0 amide bonds. The van der Waals surface area contributed by atoms with Gasteiger partial charge >= 0.3 is 12.1 Å². The molecule has 0 saturated carbocycles. The minimum absolute atomic E-state index is 0.0429. The Kier molecular flexibility index (Phi) is 8.26. The van der Waals surface area contributed by atoms with Crippen LogP contribution < -0.4 is 15.0 Å². The number of hydrogen-bond donors (Lipinski definition) is 0. The summed E-state index contributed by atoms with van der Waals surface area (Å²) in [4.78, 5) is 43.4. The second-order valence-electron chi connectivity index (χ2n) is 10.5. The first-order valence-electron chi connectivity index (χ1n) is 13.4. The highest BCUT2D eigenvalue weighted by Crippen LogP contribution is 2.31. The van der Waals surface area contributed by atoms with Crippen LogP contribution in [-0.4, -0.2) is 33.9 Å². The van der Waals surface area contributed by atoms with Crippen LogP contribution >= 0.6 is 11.3 Å². The number of pyridine rings is 2. The van der Waals surface area contributed by atoms with Gasteiger partial charge in [-0.3, -0.25) is 9.36 Å². The first kappa shape index (κ1) is 28.8. The number of nitrogens with zero attached hydrogens (tertiary/aromatic N) is 2. The van der Waals surface area contributed by atoms with Crippen molar-refractivity contribution >= 4 is 44.6 Å². The summed E-state index contributed by atoms with van der Waals surface area (Å²) in [5.74, 6) is -0.521. The lowest BCUT2D eigenvalue weighted by molar-refractivity contribution is 0.0197. The molecule has 0 fully saturated rings. The number of ether oxygens (including phenoxy) is 4. The van der Waals surface area contributed by atoms with Gasteiger partial charge in [-0.15, -0.1) is 11.3 Å². The number of carbonyl (C=O) groups is 2. The van der Waals surface area contributed by atoms with E-state index in [0.717, 1.165) is 16.5 Å². The third-order valence-corrected chi connectivity index (χ3v) is 7.10. The Hall–Kier alpha value is -4.70. The van der Waals surface area contributed by atoms with Gasteiger partial charge < -0.3 is 18.9 Å². The van der Waals surface area contributed by atoms with Crippen LogP contribution in [0.5, 0.6) is 11.6 Å². The molecule has 0 spiro atoms. The molecular formula is C32H30N2O7S. The molecule has 5 rings (SSSR count). The maximum atomic E-state index is 13.9. The van der Waals surface area contributed by atoms with E-state index in [1.54, 1.807) is 50.5 Å². The van der Waals surface area contributed by atoms with Gasteiger partial charge in [-0.25, -0.2) is 14.6 Å². The Labute approximate surface area is 246 Å². The molecule has 0 atom stereocenters. The smallest absolute Gasteiger partial charge is 0.482 e. The highest BCUT2D eigenvalue weighted by Gasteiger charge is 2.26. The molecule has 2 aromatic carbocycles. The predicted molar refractivity (Wildman–Crippen MR) is 161 cm³/mol. The van der Waals surface area contributed by atoms with Crippen molar-refractivity contribution in [3.05, 3.63) is 99.2 Å². The lowest BCUT2D eigenvalue weighted by Gasteiger charge is -2.18. The van der Waals surface area contributed by atoms with Crippen LogP contribution in [0.3, 0.4) is 0 Å². The largest absolute Gasteiger partial charge is 0.515 e. The summed E-state index contributed by atoms with van der Waals surface area (Å²) >= 11 is 1.35. The van der Waals surface area contributed by atoms with Gasteiger partial charge in [0, 0.05) is 11.5 Å². The lowest BCUT2D eigenvalue weighted by atomic mass is 10.1. The van der Waals surface area contributed by atoms with E-state index in [-0.39, 0.29) is 37.0 Å². The molecule has 10 heteroatoms. The highest BCUT2D eigenvalue weighted by atomic mass is 32.1. The SMILES string of the molecule is CCOC(=O)c1c(OCc2ccccc2)c(=O)n(Cc2ccc3nc(OC(=O)OC(C)(C)C)ccc3c2)c2ccsc12. The van der Waals surface area contributed by atoms with Crippen LogP contribution in [0.15, 0.2) is 76.9 Å². The normalized spacial score (nSPS) is 11.4.